The number of nitrogens with one attached hydrogen (secondary N) is 2. The van der Waals surface area contributed by atoms with Crippen LogP contribution in [0, 0.1) is 17.3 Å². The number of pyridine rings is 1. The summed E-state index contributed by atoms with van der Waals surface area (Å²) in [6.45, 7) is 12.2. The number of aromatic hydroxyl groups is 1. The second-order valence-electron chi connectivity index (χ2n) is 15.0. The Labute approximate surface area is 334 Å². The summed E-state index contributed by atoms with van der Waals surface area (Å²) in [5, 5.41) is 67.8. The van der Waals surface area contributed by atoms with Gasteiger partial charge in [-0.25, -0.2) is 0 Å². The minimum absolute atomic E-state index is 0.0817. The van der Waals surface area contributed by atoms with E-state index in [0.29, 0.717) is 0 Å². The number of aromatic nitrogens is 1. The number of hydrogen-bond donors (Lipinski definition) is 8. The van der Waals surface area contributed by atoms with Crippen molar-refractivity contribution in [1.82, 2.24) is 10.3 Å². The zero-order chi connectivity index (χ0) is 42.7. The van der Waals surface area contributed by atoms with Gasteiger partial charge in [0.25, 0.3) is 5.56 Å². The minimum atomic E-state index is -2.34. The fourth-order valence-electron chi connectivity index (χ4n) is 7.12. The Morgan fingerprint density at radius 2 is 1.68 bits per heavy atom. The molecule has 0 spiro atoms. The van der Waals surface area contributed by atoms with E-state index in [2.05, 4.69) is 10.3 Å². The van der Waals surface area contributed by atoms with Crippen LogP contribution in [0.4, 0.5) is 0 Å². The molecule has 314 valence electrons. The van der Waals surface area contributed by atoms with Crippen molar-refractivity contribution >= 4 is 11.7 Å². The van der Waals surface area contributed by atoms with Crippen LogP contribution in [0.15, 0.2) is 101 Å². The number of allylic oxidation sites excluding steroid dienone is 10. The van der Waals surface area contributed by atoms with Gasteiger partial charge in [-0.15, -0.1) is 0 Å². The number of methoxy groups -OCH3 is 1. The van der Waals surface area contributed by atoms with Gasteiger partial charge < -0.3 is 55.2 Å². The summed E-state index contributed by atoms with van der Waals surface area (Å²) in [5.74, 6) is -5.55. The van der Waals surface area contributed by atoms with Crippen molar-refractivity contribution in [2.75, 3.05) is 13.7 Å². The molecule has 2 aliphatic heterocycles. The molecule has 57 heavy (non-hydrogen) atoms. The predicted octanol–water partition coefficient (Wildman–Crippen LogP) is 3.07. The van der Waals surface area contributed by atoms with Crippen LogP contribution in [0.5, 0.6) is 5.75 Å². The molecule has 0 unspecified atom stereocenters. The summed E-state index contributed by atoms with van der Waals surface area (Å²) in [7, 11) is 1.52. The summed E-state index contributed by atoms with van der Waals surface area (Å²) in [6.07, 6.45) is 12.8. The van der Waals surface area contributed by atoms with Crippen molar-refractivity contribution in [3.8, 4) is 5.75 Å². The highest BCUT2D eigenvalue weighted by Gasteiger charge is 2.60. The lowest BCUT2D eigenvalue weighted by Gasteiger charge is -2.53. The number of hydrogen-bond acceptors (Lipinski definition) is 12. The number of aliphatic hydroxyl groups is 5. The Morgan fingerprint density at radius 1 is 1.00 bits per heavy atom. The maximum Gasteiger partial charge on any atom is 0.262 e. The molecular weight excluding hydrogens is 736 g/mol. The molecule has 14 heteroatoms. The number of carbonyl (C=O) groups is 2. The molecule has 14 nitrogen and oxygen atoms in total. The number of rotatable bonds is 17. The average Bonchev–Trinajstić information content (AvgIpc) is 3.45. The van der Waals surface area contributed by atoms with Crippen LogP contribution in [0.1, 0.15) is 65.2 Å². The summed E-state index contributed by atoms with van der Waals surface area (Å²) in [4.78, 5) is 40.2. The second-order valence-corrected chi connectivity index (χ2v) is 15.0. The fourth-order valence-corrected chi connectivity index (χ4v) is 7.12. The molecule has 2 fully saturated rings. The van der Waals surface area contributed by atoms with Crippen LogP contribution in [0.2, 0.25) is 0 Å². The van der Waals surface area contributed by atoms with Crippen molar-refractivity contribution in [2.24, 2.45) is 17.3 Å². The summed E-state index contributed by atoms with van der Waals surface area (Å²) >= 11 is 0. The van der Waals surface area contributed by atoms with Crippen molar-refractivity contribution in [3.05, 3.63) is 112 Å². The van der Waals surface area contributed by atoms with E-state index < -0.39 is 94.9 Å². The largest absolute Gasteiger partial charge is 0.507 e. The number of aliphatic hydroxyl groups excluding tert-OH is 4. The quantitative estimate of drug-likeness (QED) is 0.0647. The summed E-state index contributed by atoms with van der Waals surface area (Å²) < 4.78 is 17.8. The monoisotopic (exact) mass is 796 g/mol. The van der Waals surface area contributed by atoms with Gasteiger partial charge >= 0.3 is 0 Å². The van der Waals surface area contributed by atoms with Crippen LogP contribution in [0.3, 0.4) is 0 Å². The van der Waals surface area contributed by atoms with Gasteiger partial charge in [0.15, 0.2) is 5.78 Å². The van der Waals surface area contributed by atoms with Crippen molar-refractivity contribution < 1.29 is 54.4 Å². The van der Waals surface area contributed by atoms with E-state index in [1.165, 1.54) is 32.4 Å². The highest BCUT2D eigenvalue weighted by atomic mass is 16.7. The molecule has 8 N–H and O–H groups in total. The third-order valence-corrected chi connectivity index (χ3v) is 10.7. The van der Waals surface area contributed by atoms with Crippen molar-refractivity contribution in [1.29, 1.82) is 0 Å². The second kappa shape index (κ2) is 21.0. The Bertz CT molecular complexity index is 1810. The Kier molecular flexibility index (Phi) is 17.3. The van der Waals surface area contributed by atoms with Crippen molar-refractivity contribution in [2.45, 2.75) is 110 Å². The maximum atomic E-state index is 13.3. The highest BCUT2D eigenvalue weighted by Crippen LogP contribution is 2.44. The normalized spacial score (nSPS) is 30.2. The van der Waals surface area contributed by atoms with E-state index in [1.807, 2.05) is 26.8 Å². The average molecular weight is 797 g/mol. The van der Waals surface area contributed by atoms with E-state index in [1.54, 1.807) is 81.5 Å². The van der Waals surface area contributed by atoms with Gasteiger partial charge in [-0.2, -0.15) is 0 Å². The Hall–Kier alpha value is -4.25. The van der Waals surface area contributed by atoms with Crippen molar-refractivity contribution in [3.63, 3.8) is 0 Å². The van der Waals surface area contributed by atoms with Crippen LogP contribution >= 0.6 is 0 Å². The number of amides is 1. The molecular formula is C43H60N2O12. The molecule has 1 aromatic rings. The van der Waals surface area contributed by atoms with Crippen LogP contribution in [0.25, 0.3) is 0 Å². The minimum Gasteiger partial charge on any atom is -0.507 e. The number of ketones is 1. The Balaban J connectivity index is 1.60. The van der Waals surface area contributed by atoms with Crippen LogP contribution in [-0.2, 0) is 19.0 Å². The first-order chi connectivity index (χ1) is 26.9. The van der Waals surface area contributed by atoms with Gasteiger partial charge in [-0.05, 0) is 44.4 Å². The molecule has 11 atom stereocenters. The van der Waals surface area contributed by atoms with Gasteiger partial charge in [0, 0.05) is 31.2 Å². The maximum absolute atomic E-state index is 13.3. The molecule has 0 aliphatic carbocycles. The topological polar surface area (TPSA) is 228 Å². The lowest BCUT2D eigenvalue weighted by atomic mass is 9.71. The Morgan fingerprint density at radius 3 is 2.32 bits per heavy atom. The predicted molar refractivity (Wildman–Crippen MR) is 215 cm³/mol. The van der Waals surface area contributed by atoms with E-state index in [0.717, 1.165) is 5.57 Å². The third-order valence-electron chi connectivity index (χ3n) is 10.7. The number of Topliss-reactive ketones (excluding diaryl/α,β-unsaturated/α-hetero) is 1. The van der Waals surface area contributed by atoms with Gasteiger partial charge in [0.1, 0.15) is 35.7 Å². The molecule has 0 aromatic carbocycles. The summed E-state index contributed by atoms with van der Waals surface area (Å²) in [6, 6.07) is 1.22. The van der Waals surface area contributed by atoms with Gasteiger partial charge in [0.2, 0.25) is 11.7 Å². The zero-order valence-electron chi connectivity index (χ0n) is 33.9. The fraction of sp³-hybridized carbons (Fsp3) is 0.512. The van der Waals surface area contributed by atoms with Gasteiger partial charge in [0.05, 0.1) is 30.3 Å². The number of aromatic amines is 1. The molecule has 2 saturated heterocycles. The van der Waals surface area contributed by atoms with E-state index in [-0.39, 0.29) is 24.1 Å². The first-order valence-corrected chi connectivity index (χ1v) is 19.1. The molecule has 3 heterocycles. The summed E-state index contributed by atoms with van der Waals surface area (Å²) in [5.41, 5.74) is -1.02. The van der Waals surface area contributed by atoms with E-state index in [9.17, 15) is 45.0 Å². The first kappa shape index (κ1) is 47.1. The molecule has 0 bridgehead atoms. The standard InChI is InChI=1S/C43H60N2O12/c1-9-11-13-21-31-42(6,7)38(50)39(51)43(54,57-31)28(10-2)40(52)44-23-17-16-19-26(4)36(55-8)27(5)37-35(49)34(48)30(56-37)20-15-12-14-18-25(3)33(47)32-29(46)22-24-45-41(32)53/h9,11-22,24,27-28,30-31,34-39,48-51,54H,10,23H2,1-8H3,(H,44,52)(H2,45,46,53)/b11-9-,14-12+,17-16+,20-15+,21-13+,25-18+,26-19+/t27-,28-,30-,31+,34+,35+,36-,37+,38+,39-,43-/m1/s1. The molecule has 0 saturated carbocycles. The van der Waals surface area contributed by atoms with Crippen LogP contribution < -0.4 is 10.9 Å². The lowest BCUT2D eigenvalue weighted by molar-refractivity contribution is -0.359. The van der Waals surface area contributed by atoms with Gasteiger partial charge in [-0.3, -0.25) is 14.4 Å². The lowest BCUT2D eigenvalue weighted by Crippen LogP contribution is -2.69. The molecule has 1 amide bonds. The molecule has 1 aromatic heterocycles. The molecule has 2 aliphatic rings. The van der Waals surface area contributed by atoms with E-state index in [4.69, 9.17) is 14.2 Å². The SMILES string of the molecule is C/C=C\C=C\[C@@H]1O[C@](O)([C@H](CC)C(=O)NC/C=C/C=C(\C)[C@@H](OC)[C@@H](C)[C@@H]2O[C@H](/C=C/C=C/C=C(\C)C(=O)c3c(O)cc[nH]c3=O)[C@H](O)[C@@H]2O)[C@H](O)[C@H](O)C1(C)C. The highest BCUT2D eigenvalue weighted by molar-refractivity contribution is 6.09. The third kappa shape index (κ3) is 11.0. The smallest absolute Gasteiger partial charge is 0.262 e. The molecule has 3 rings (SSSR count). The number of carbonyl (C=O) groups excluding carboxylic acids is 2. The number of H-pyrrole nitrogens is 1. The van der Waals surface area contributed by atoms with Gasteiger partial charge in [-0.1, -0.05) is 101 Å². The number of ether oxygens (including phenoxy) is 3. The van der Waals surface area contributed by atoms with Crippen LogP contribution in [-0.4, -0.2) is 116 Å². The zero-order valence-corrected chi connectivity index (χ0v) is 33.9. The van der Waals surface area contributed by atoms with E-state index >= 15 is 0 Å². The molecule has 0 radical (unpaired) electrons. The first-order valence-electron chi connectivity index (χ1n) is 19.1.